The Balaban J connectivity index is 0.000000631. The van der Waals surface area contributed by atoms with E-state index >= 15 is 0 Å². The second-order valence-corrected chi connectivity index (χ2v) is 6.47. The van der Waals surface area contributed by atoms with E-state index in [9.17, 15) is 18.0 Å². The van der Waals surface area contributed by atoms with Gasteiger partial charge in [0.25, 0.3) is 5.24 Å². The molecule has 0 atom stereocenters. The highest BCUT2D eigenvalue weighted by atomic mass is 79.9. The maximum absolute atomic E-state index is 12.2. The molecule has 10 heteroatoms. The molecule has 18 heavy (non-hydrogen) atoms. The van der Waals surface area contributed by atoms with Crippen LogP contribution in [0.15, 0.2) is 22.7 Å². The average Bonchev–Trinajstić information content (AvgIpc) is 2.14. The van der Waals surface area contributed by atoms with E-state index in [-0.39, 0.29) is 10.0 Å². The summed E-state index contributed by atoms with van der Waals surface area (Å²) in [6.45, 7) is 0. The van der Waals surface area contributed by atoms with Crippen molar-refractivity contribution in [2.24, 2.45) is 0 Å². The average molecular weight is 406 g/mol. The minimum atomic E-state index is -4.48. The Morgan fingerprint density at radius 3 is 2.00 bits per heavy atom. The van der Waals surface area contributed by atoms with E-state index in [2.05, 4.69) is 37.3 Å². The van der Waals surface area contributed by atoms with Gasteiger partial charge in [0.1, 0.15) is 0 Å². The molecule has 0 aliphatic heterocycles. The fourth-order valence-electron chi connectivity index (χ4n) is 0.867. The molecular formula is C8H3BrCl3F3O2S. The summed E-state index contributed by atoms with van der Waals surface area (Å²) in [4.78, 5) is 10.7. The van der Waals surface area contributed by atoms with Crippen molar-refractivity contribution in [2.45, 2.75) is 6.18 Å². The molecule has 0 fully saturated rings. The first kappa shape index (κ1) is 18.2. The zero-order chi connectivity index (χ0) is 14.5. The van der Waals surface area contributed by atoms with E-state index in [1.54, 1.807) is 0 Å². The summed E-state index contributed by atoms with van der Waals surface area (Å²) in [5.41, 5.74) is -1.09. The van der Waals surface area contributed by atoms with Gasteiger partial charge in [-0.15, -0.1) is 0 Å². The van der Waals surface area contributed by atoms with Gasteiger partial charge in [0, 0.05) is 31.4 Å². The van der Waals surface area contributed by atoms with Crippen LogP contribution in [0, 0.1) is 0 Å². The summed E-state index contributed by atoms with van der Waals surface area (Å²) in [7, 11) is 7.36. The van der Waals surface area contributed by atoms with Gasteiger partial charge in [0.15, 0.2) is 0 Å². The minimum absolute atomic E-state index is 0.163. The molecule has 0 spiro atoms. The molecule has 102 valence electrons. The minimum Gasteiger partial charge on any atom is -0.276 e. The van der Waals surface area contributed by atoms with Crippen molar-refractivity contribution in [1.29, 1.82) is 0 Å². The first-order chi connectivity index (χ1) is 8.04. The number of hydrogen-bond donors (Lipinski definition) is 0. The zero-order valence-corrected chi connectivity index (χ0v) is 12.8. The molecule has 1 aromatic carbocycles. The molecule has 0 aliphatic carbocycles. The molecule has 2 nitrogen and oxygen atoms in total. The van der Waals surface area contributed by atoms with E-state index in [0.29, 0.717) is 6.07 Å². The number of carbonyl (C=O) groups excluding carboxylic acids is 1. The summed E-state index contributed by atoms with van der Waals surface area (Å²) in [6, 6.07) is 2.81. The second-order valence-electron chi connectivity index (χ2n) is 2.68. The predicted octanol–water partition coefficient (Wildman–Crippen LogP) is 4.89. The maximum Gasteiger partial charge on any atom is 0.416 e. The first-order valence-corrected chi connectivity index (χ1v) is 7.83. The van der Waals surface area contributed by atoms with Gasteiger partial charge in [-0.1, -0.05) is 15.9 Å². The fraction of sp³-hybridized carbons (Fsp3) is 0.125. The Kier molecular flexibility index (Phi) is 7.77. The molecular weight excluding hydrogens is 403 g/mol. The lowest BCUT2D eigenvalue weighted by Gasteiger charge is -2.07. The number of carbonyl (C=O) groups is 1. The summed E-state index contributed by atoms with van der Waals surface area (Å²) >= 11 is 7.93. The molecule has 0 N–H and O–H groups in total. The number of rotatable bonds is 1. The maximum atomic E-state index is 12.2. The Bertz CT molecular complexity index is 463. The van der Waals surface area contributed by atoms with Crippen molar-refractivity contribution in [2.75, 3.05) is 0 Å². The lowest BCUT2D eigenvalue weighted by molar-refractivity contribution is -0.137. The van der Waals surface area contributed by atoms with E-state index in [1.807, 2.05) is 0 Å². The summed E-state index contributed by atoms with van der Waals surface area (Å²) < 4.78 is 46.0. The Morgan fingerprint density at radius 2 is 1.67 bits per heavy atom. The van der Waals surface area contributed by atoms with Crippen LogP contribution in [0.4, 0.5) is 13.2 Å². The second kappa shape index (κ2) is 7.69. The quantitative estimate of drug-likeness (QED) is 0.623. The molecule has 0 saturated heterocycles. The first-order valence-electron chi connectivity index (χ1n) is 3.86. The van der Waals surface area contributed by atoms with Gasteiger partial charge in [-0.25, -0.2) is 4.21 Å². The van der Waals surface area contributed by atoms with Gasteiger partial charge in [-0.2, -0.15) is 13.2 Å². The molecule has 0 bridgehead atoms. The molecule has 0 amide bonds. The largest absolute Gasteiger partial charge is 0.416 e. The van der Waals surface area contributed by atoms with Gasteiger partial charge in [-0.05, 0) is 29.8 Å². The molecule has 1 rings (SSSR count). The number of hydrogen-bond acceptors (Lipinski definition) is 2. The molecule has 0 saturated carbocycles. The van der Waals surface area contributed by atoms with Crippen LogP contribution in [0.5, 0.6) is 0 Å². The van der Waals surface area contributed by atoms with Crippen LogP contribution in [-0.4, -0.2) is 9.45 Å². The standard InChI is InChI=1S/C8H3BrClF3O.Cl2OS/c9-6-2-4(7(10)14)1-5(3-6)8(11,12)13;1-4(2)3/h1-3H;. The van der Waals surface area contributed by atoms with Gasteiger partial charge in [0.2, 0.25) is 9.23 Å². The van der Waals surface area contributed by atoms with Gasteiger partial charge < -0.3 is 0 Å². The smallest absolute Gasteiger partial charge is 0.276 e. The number of halogens is 7. The van der Waals surface area contributed by atoms with Gasteiger partial charge in [0.05, 0.1) is 5.56 Å². The van der Waals surface area contributed by atoms with Crippen molar-refractivity contribution < 1.29 is 22.2 Å². The summed E-state index contributed by atoms with van der Waals surface area (Å²) in [5, 5.41) is -0.920. The summed E-state index contributed by atoms with van der Waals surface area (Å²) in [5.74, 6) is 0. The monoisotopic (exact) mass is 404 g/mol. The molecule has 0 aliphatic rings. The lowest BCUT2D eigenvalue weighted by atomic mass is 10.1. The van der Waals surface area contributed by atoms with Crippen LogP contribution in [0.1, 0.15) is 15.9 Å². The molecule has 0 heterocycles. The number of alkyl halides is 3. The van der Waals surface area contributed by atoms with E-state index < -0.39 is 26.2 Å². The highest BCUT2D eigenvalue weighted by Gasteiger charge is 2.31. The van der Waals surface area contributed by atoms with Crippen molar-refractivity contribution in [1.82, 2.24) is 0 Å². The van der Waals surface area contributed by atoms with Crippen molar-refractivity contribution >= 4 is 63.4 Å². The van der Waals surface area contributed by atoms with Crippen molar-refractivity contribution in [3.8, 4) is 0 Å². The van der Waals surface area contributed by atoms with Gasteiger partial charge in [-0.3, -0.25) is 4.79 Å². The van der Waals surface area contributed by atoms with Crippen molar-refractivity contribution in [3.05, 3.63) is 33.8 Å². The third-order valence-electron chi connectivity index (χ3n) is 1.45. The lowest BCUT2D eigenvalue weighted by Crippen LogP contribution is -2.06. The Hall–Kier alpha value is 0.180. The van der Waals surface area contributed by atoms with Crippen LogP contribution in [0.3, 0.4) is 0 Å². The molecule has 1 aromatic rings. The van der Waals surface area contributed by atoms with Crippen LogP contribution >= 0.6 is 48.9 Å². The van der Waals surface area contributed by atoms with Crippen LogP contribution in [-0.2, 0) is 15.4 Å². The Labute approximate surface area is 125 Å². The molecule has 0 radical (unpaired) electrons. The van der Waals surface area contributed by atoms with Gasteiger partial charge >= 0.3 is 6.18 Å². The molecule has 0 aromatic heterocycles. The SMILES string of the molecule is O=C(Cl)c1cc(Br)cc(C(F)(F)F)c1.O=S(Cl)Cl. The van der Waals surface area contributed by atoms with E-state index in [1.165, 1.54) is 6.07 Å². The van der Waals surface area contributed by atoms with Crippen LogP contribution in [0.25, 0.3) is 0 Å². The summed E-state index contributed by atoms with van der Waals surface area (Å²) in [6.07, 6.45) is -4.48. The number of benzene rings is 1. The molecule has 0 unspecified atom stereocenters. The van der Waals surface area contributed by atoms with Crippen LogP contribution in [0.2, 0.25) is 0 Å². The normalized spacial score (nSPS) is 10.9. The Morgan fingerprint density at radius 1 is 1.22 bits per heavy atom. The topological polar surface area (TPSA) is 34.1 Å². The third-order valence-corrected chi connectivity index (χ3v) is 2.13. The van der Waals surface area contributed by atoms with Crippen molar-refractivity contribution in [3.63, 3.8) is 0 Å². The van der Waals surface area contributed by atoms with E-state index in [4.69, 9.17) is 15.8 Å². The highest BCUT2D eigenvalue weighted by molar-refractivity contribution is 9.10. The third kappa shape index (κ3) is 7.58. The predicted molar refractivity (Wildman–Crippen MR) is 69.2 cm³/mol. The fourth-order valence-corrected chi connectivity index (χ4v) is 1.47. The highest BCUT2D eigenvalue weighted by Crippen LogP contribution is 2.32. The zero-order valence-electron chi connectivity index (χ0n) is 8.10. The van der Waals surface area contributed by atoms with Crippen LogP contribution < -0.4 is 0 Å². The van der Waals surface area contributed by atoms with E-state index in [0.717, 1.165) is 6.07 Å².